The minimum atomic E-state index is -0.494. The summed E-state index contributed by atoms with van der Waals surface area (Å²) in [5, 5.41) is 13.5. The third-order valence-electron chi connectivity index (χ3n) is 14.0. The molecule has 7 aromatic rings. The second-order valence-corrected chi connectivity index (χ2v) is 20.8. The normalized spacial score (nSPS) is 11.9. The summed E-state index contributed by atoms with van der Waals surface area (Å²) < 4.78 is 17.2. The van der Waals surface area contributed by atoms with Crippen LogP contribution in [0.15, 0.2) is 95.1 Å². The van der Waals surface area contributed by atoms with E-state index in [0.29, 0.717) is 26.1 Å². The fourth-order valence-electron chi connectivity index (χ4n) is 10.1. The number of ether oxygens (including phenoxy) is 2. The zero-order valence-corrected chi connectivity index (χ0v) is 45.3. The summed E-state index contributed by atoms with van der Waals surface area (Å²) in [6.07, 6.45) is 31.0. The summed E-state index contributed by atoms with van der Waals surface area (Å²) in [5.74, 6) is -0.519. The Hall–Kier alpha value is -5.94. The number of carbonyl (C=O) groups excluding carboxylic acids is 2. The lowest BCUT2D eigenvalue weighted by molar-refractivity contribution is 0.0945. The molecule has 3 aromatic heterocycles. The van der Waals surface area contributed by atoms with Crippen molar-refractivity contribution in [3.05, 3.63) is 106 Å². The smallest absolute Gasteiger partial charge is 0.285 e. The van der Waals surface area contributed by atoms with E-state index in [-0.39, 0.29) is 21.3 Å². The average Bonchev–Trinajstić information content (AvgIpc) is 4.05. The number of fused-ring (bicyclic) bond motifs is 6. The zero-order valence-electron chi connectivity index (χ0n) is 44.5. The van der Waals surface area contributed by atoms with Gasteiger partial charge in [-0.15, -0.1) is 11.3 Å². The molecule has 3 heterocycles. The standard InChI is InChI=1S/C62H82N6O4S/c1-5-9-11-13-15-17-19-21-23-29-39-67-53-33-27-25-31-49(53)51-43-47(35-37-55(51)67)45-63-65-61(69)59-57(71-41-7-3)58(72-42-8-4)60(73-59)62(70)66-64-46-48-36-38-56-52(44-48)50-32-26-28-34-54(50)68(56)40-30-24-22-20-18-16-14-12-10-6-2/h25-28,31-38,43-46H,5-24,29-30,39-42H2,1-4H3,(H,65,69)(H,66,70)/b63-45-,64-46-. The Morgan fingerprint density at radius 3 is 1.19 bits per heavy atom. The summed E-state index contributed by atoms with van der Waals surface area (Å²) in [4.78, 5) is 28.3. The molecule has 0 unspecified atom stereocenters. The highest BCUT2D eigenvalue weighted by atomic mass is 32.1. The molecule has 2 amide bonds. The van der Waals surface area contributed by atoms with Crippen LogP contribution in [0.3, 0.4) is 0 Å². The van der Waals surface area contributed by atoms with Gasteiger partial charge in [0.1, 0.15) is 9.75 Å². The highest BCUT2D eigenvalue weighted by Gasteiger charge is 2.29. The van der Waals surface area contributed by atoms with Gasteiger partial charge in [-0.3, -0.25) is 9.59 Å². The lowest BCUT2D eigenvalue weighted by atomic mass is 10.1. The Labute approximate surface area is 439 Å². The second-order valence-electron chi connectivity index (χ2n) is 19.8. The summed E-state index contributed by atoms with van der Waals surface area (Å²) >= 11 is 1.01. The van der Waals surface area contributed by atoms with Crippen LogP contribution in [0.4, 0.5) is 0 Å². The summed E-state index contributed by atoms with van der Waals surface area (Å²) in [6, 6.07) is 29.9. The molecule has 0 aliphatic heterocycles. The first-order chi connectivity index (χ1) is 36.0. The van der Waals surface area contributed by atoms with E-state index in [0.717, 1.165) is 59.2 Å². The topological polar surface area (TPSA) is 111 Å². The lowest BCUT2D eigenvalue weighted by Crippen LogP contribution is -2.17. The molecule has 7 rings (SSSR count). The molecule has 0 bridgehead atoms. The Bertz CT molecular complexity index is 2700. The van der Waals surface area contributed by atoms with Crippen LogP contribution in [0.1, 0.15) is 199 Å². The number of hydrogen-bond donors (Lipinski definition) is 2. The number of carbonyl (C=O) groups is 2. The number of nitrogens with one attached hydrogen (secondary N) is 2. The number of aromatic nitrogens is 2. The van der Waals surface area contributed by atoms with Crippen molar-refractivity contribution in [3.63, 3.8) is 0 Å². The SMILES string of the molecule is CCCCCCCCCCCCn1c2ccccc2c2cc(/C=N\NC(=O)c3sc(C(=O)N/N=C\c4ccc5c(c4)c4ccccc4n5CCCCCCCCCCCC)c(OCCC)c3OCCC)ccc21. The number of hydrazone groups is 2. The molecule has 0 fully saturated rings. The molecule has 73 heavy (non-hydrogen) atoms. The molecule has 0 radical (unpaired) electrons. The molecule has 0 atom stereocenters. The van der Waals surface area contributed by atoms with E-state index in [2.05, 4.69) is 117 Å². The molecule has 0 spiro atoms. The van der Waals surface area contributed by atoms with Crippen molar-refractivity contribution >= 4 is 79.2 Å². The van der Waals surface area contributed by atoms with E-state index in [4.69, 9.17) is 9.47 Å². The lowest BCUT2D eigenvalue weighted by Gasteiger charge is -2.10. The average molecular weight is 1010 g/mol. The van der Waals surface area contributed by atoms with Crippen LogP contribution >= 0.6 is 11.3 Å². The Balaban J connectivity index is 0.997. The van der Waals surface area contributed by atoms with Crippen molar-refractivity contribution in [1.82, 2.24) is 20.0 Å². The molecule has 10 nitrogen and oxygen atoms in total. The van der Waals surface area contributed by atoms with Crippen LogP contribution in [0.5, 0.6) is 11.5 Å². The number of unbranched alkanes of at least 4 members (excludes halogenated alkanes) is 18. The second kappa shape index (κ2) is 29.7. The van der Waals surface area contributed by atoms with Gasteiger partial charge in [0.25, 0.3) is 11.8 Å². The summed E-state index contributed by atoms with van der Waals surface area (Å²) in [6.45, 7) is 11.2. The van der Waals surface area contributed by atoms with Crippen molar-refractivity contribution < 1.29 is 19.1 Å². The van der Waals surface area contributed by atoms with Gasteiger partial charge in [0, 0.05) is 56.7 Å². The number of nitrogens with zero attached hydrogens (tertiary/aromatic N) is 4. The molecule has 0 saturated carbocycles. The van der Waals surface area contributed by atoms with E-state index in [1.54, 1.807) is 12.4 Å². The number of aryl methyl sites for hydroxylation is 2. The molecule has 390 valence electrons. The first kappa shape index (κ1) is 54.8. The van der Waals surface area contributed by atoms with Crippen LogP contribution < -0.4 is 20.3 Å². The highest BCUT2D eigenvalue weighted by Crippen LogP contribution is 2.43. The van der Waals surface area contributed by atoms with E-state index >= 15 is 0 Å². The van der Waals surface area contributed by atoms with E-state index in [9.17, 15) is 9.59 Å². The van der Waals surface area contributed by atoms with Gasteiger partial charge in [-0.1, -0.05) is 192 Å². The first-order valence-electron chi connectivity index (χ1n) is 28.1. The number of hydrogen-bond acceptors (Lipinski definition) is 7. The monoisotopic (exact) mass is 1010 g/mol. The third-order valence-corrected chi connectivity index (χ3v) is 15.1. The fourth-order valence-corrected chi connectivity index (χ4v) is 11.1. The van der Waals surface area contributed by atoms with Gasteiger partial charge in [0.15, 0.2) is 11.5 Å². The summed E-state index contributed by atoms with van der Waals surface area (Å²) in [7, 11) is 0. The number of para-hydroxylation sites is 2. The van der Waals surface area contributed by atoms with Crippen LogP contribution in [0.25, 0.3) is 43.6 Å². The quantitative estimate of drug-likeness (QED) is 0.0238. The number of benzene rings is 4. The Kier molecular flexibility index (Phi) is 22.3. The van der Waals surface area contributed by atoms with Crippen LogP contribution in [-0.2, 0) is 13.1 Å². The van der Waals surface area contributed by atoms with E-state index < -0.39 is 11.8 Å². The fraction of sp³-hybridized carbons (Fsp3) is 0.484. The number of thiophene rings is 1. The van der Waals surface area contributed by atoms with Crippen molar-refractivity contribution in [1.29, 1.82) is 0 Å². The Morgan fingerprint density at radius 2 is 0.808 bits per heavy atom. The van der Waals surface area contributed by atoms with Gasteiger partial charge in [-0.25, -0.2) is 10.9 Å². The van der Waals surface area contributed by atoms with Crippen molar-refractivity contribution in [2.45, 2.75) is 182 Å². The molecule has 4 aromatic carbocycles. The van der Waals surface area contributed by atoms with Gasteiger partial charge < -0.3 is 18.6 Å². The predicted molar refractivity (Wildman–Crippen MR) is 309 cm³/mol. The zero-order chi connectivity index (χ0) is 51.0. The van der Waals surface area contributed by atoms with Gasteiger partial charge in [-0.2, -0.15) is 10.2 Å². The van der Waals surface area contributed by atoms with Gasteiger partial charge in [-0.05, 0) is 73.2 Å². The van der Waals surface area contributed by atoms with Crippen LogP contribution in [0, 0.1) is 0 Å². The van der Waals surface area contributed by atoms with Gasteiger partial charge in [0.05, 0.1) is 25.6 Å². The van der Waals surface area contributed by atoms with Crippen LogP contribution in [0.2, 0.25) is 0 Å². The van der Waals surface area contributed by atoms with E-state index in [1.807, 2.05) is 26.0 Å². The van der Waals surface area contributed by atoms with Crippen molar-refractivity contribution in [3.8, 4) is 11.5 Å². The maximum absolute atomic E-state index is 13.9. The maximum atomic E-state index is 13.9. The molecular formula is C62H82N6O4S. The summed E-state index contributed by atoms with van der Waals surface area (Å²) in [5.41, 5.74) is 12.0. The molecule has 0 aliphatic carbocycles. The Morgan fingerprint density at radius 1 is 0.452 bits per heavy atom. The van der Waals surface area contributed by atoms with Crippen LogP contribution in [-0.4, -0.2) is 46.6 Å². The number of rotatable bonds is 34. The largest absolute Gasteiger partial charge is 0.488 e. The number of amides is 2. The van der Waals surface area contributed by atoms with Gasteiger partial charge >= 0.3 is 0 Å². The minimum absolute atomic E-state index is 0.205. The highest BCUT2D eigenvalue weighted by molar-refractivity contribution is 7.16. The first-order valence-corrected chi connectivity index (χ1v) is 28.9. The minimum Gasteiger partial charge on any atom is -0.488 e. The van der Waals surface area contributed by atoms with Crippen molar-refractivity contribution in [2.24, 2.45) is 10.2 Å². The molecule has 0 aliphatic rings. The molecule has 0 saturated heterocycles. The third kappa shape index (κ3) is 15.1. The van der Waals surface area contributed by atoms with E-state index in [1.165, 1.54) is 148 Å². The van der Waals surface area contributed by atoms with Gasteiger partial charge in [0.2, 0.25) is 0 Å². The maximum Gasteiger partial charge on any atom is 0.285 e. The molecule has 11 heteroatoms. The molecular weight excluding hydrogens is 925 g/mol. The molecule has 2 N–H and O–H groups in total. The predicted octanol–water partition coefficient (Wildman–Crippen LogP) is 16.9. The van der Waals surface area contributed by atoms with Crippen molar-refractivity contribution in [2.75, 3.05) is 13.2 Å².